The highest BCUT2D eigenvalue weighted by atomic mass is 16.5. The Morgan fingerprint density at radius 3 is 2.75 bits per heavy atom. The largest absolute Gasteiger partial charge is 0.503 e. The molecule has 0 spiro atoms. The van der Waals surface area contributed by atoms with Crippen LogP contribution in [0, 0.1) is 0 Å². The van der Waals surface area contributed by atoms with Crippen molar-refractivity contribution in [2.24, 2.45) is 0 Å². The zero-order chi connectivity index (χ0) is 14.7. The molecule has 1 amide bonds. The van der Waals surface area contributed by atoms with E-state index in [0.29, 0.717) is 24.4 Å². The van der Waals surface area contributed by atoms with E-state index in [1.165, 1.54) is 12.0 Å². The number of ketones is 1. The number of carbonyl (C=O) groups excluding carboxylic acids is 2. The summed E-state index contributed by atoms with van der Waals surface area (Å²) in [6.07, 6.45) is 0.629. The Morgan fingerprint density at radius 2 is 2.10 bits per heavy atom. The van der Waals surface area contributed by atoms with Crippen LogP contribution in [0.3, 0.4) is 0 Å². The Morgan fingerprint density at radius 1 is 1.40 bits per heavy atom. The number of methoxy groups -OCH3 is 1. The van der Waals surface area contributed by atoms with Gasteiger partial charge < -0.3 is 14.7 Å². The molecule has 106 valence electrons. The zero-order valence-corrected chi connectivity index (χ0v) is 11.5. The molecule has 0 aliphatic carbocycles. The highest BCUT2D eigenvalue weighted by Gasteiger charge is 2.31. The van der Waals surface area contributed by atoms with Crippen LogP contribution in [0.15, 0.2) is 35.6 Å². The standard InChI is InChI=1S/C15H17NO4/c1-3-12(17)10-8-9-16(15(19)14(10)18)11-6-4-5-7-13(11)20-2/h4-7,18H,3,8-9H2,1-2H3. The summed E-state index contributed by atoms with van der Waals surface area (Å²) in [5.74, 6) is -0.638. The average molecular weight is 275 g/mol. The molecule has 1 heterocycles. The fourth-order valence-electron chi connectivity index (χ4n) is 2.27. The van der Waals surface area contributed by atoms with Crippen LogP contribution in [0.1, 0.15) is 19.8 Å². The lowest BCUT2D eigenvalue weighted by atomic mass is 9.99. The first-order chi connectivity index (χ1) is 9.60. The van der Waals surface area contributed by atoms with Gasteiger partial charge >= 0.3 is 0 Å². The van der Waals surface area contributed by atoms with Crippen molar-refractivity contribution < 1.29 is 19.4 Å². The second-order valence-corrected chi connectivity index (χ2v) is 4.48. The Bertz CT molecular complexity index is 577. The van der Waals surface area contributed by atoms with Crippen LogP contribution in [-0.2, 0) is 9.59 Å². The van der Waals surface area contributed by atoms with Gasteiger partial charge in [0.05, 0.1) is 12.8 Å². The number of aliphatic hydroxyl groups is 1. The molecular weight excluding hydrogens is 258 g/mol. The molecule has 0 fully saturated rings. The number of hydrogen-bond donors (Lipinski definition) is 1. The van der Waals surface area contributed by atoms with Crippen LogP contribution in [0.5, 0.6) is 5.75 Å². The summed E-state index contributed by atoms with van der Waals surface area (Å²) >= 11 is 0. The molecule has 20 heavy (non-hydrogen) atoms. The molecular formula is C15H17NO4. The topological polar surface area (TPSA) is 66.8 Å². The average Bonchev–Trinajstić information content (AvgIpc) is 2.49. The predicted octanol–water partition coefficient (Wildman–Crippen LogP) is 2.22. The number of carbonyl (C=O) groups is 2. The van der Waals surface area contributed by atoms with Crippen molar-refractivity contribution in [3.05, 3.63) is 35.6 Å². The Hall–Kier alpha value is -2.30. The molecule has 1 aliphatic heterocycles. The highest BCUT2D eigenvalue weighted by Crippen LogP contribution is 2.31. The summed E-state index contributed by atoms with van der Waals surface area (Å²) in [4.78, 5) is 25.3. The SMILES string of the molecule is CCC(=O)C1=C(O)C(=O)N(c2ccccc2OC)CC1. The van der Waals surface area contributed by atoms with Crippen molar-refractivity contribution in [3.8, 4) is 5.75 Å². The molecule has 0 saturated carbocycles. The maximum Gasteiger partial charge on any atom is 0.293 e. The van der Waals surface area contributed by atoms with Gasteiger partial charge in [0.25, 0.3) is 5.91 Å². The zero-order valence-electron chi connectivity index (χ0n) is 11.5. The number of aliphatic hydroxyl groups excluding tert-OH is 1. The number of benzene rings is 1. The van der Waals surface area contributed by atoms with Gasteiger partial charge in [0.15, 0.2) is 11.5 Å². The van der Waals surface area contributed by atoms with Gasteiger partial charge in [-0.05, 0) is 18.6 Å². The summed E-state index contributed by atoms with van der Waals surface area (Å²) in [6, 6.07) is 7.09. The van der Waals surface area contributed by atoms with Crippen molar-refractivity contribution in [2.75, 3.05) is 18.6 Å². The number of para-hydroxylation sites is 2. The fraction of sp³-hybridized carbons (Fsp3) is 0.333. The minimum absolute atomic E-state index is 0.185. The van der Waals surface area contributed by atoms with Gasteiger partial charge in [-0.15, -0.1) is 0 Å². The number of amides is 1. The molecule has 0 saturated heterocycles. The highest BCUT2D eigenvalue weighted by molar-refractivity contribution is 6.12. The quantitative estimate of drug-likeness (QED) is 0.915. The van der Waals surface area contributed by atoms with Crippen molar-refractivity contribution in [2.45, 2.75) is 19.8 Å². The summed E-state index contributed by atoms with van der Waals surface area (Å²) in [5, 5.41) is 9.96. The Labute approximate surface area is 117 Å². The van der Waals surface area contributed by atoms with Crippen molar-refractivity contribution >= 4 is 17.4 Å². The fourth-order valence-corrected chi connectivity index (χ4v) is 2.27. The third-order valence-corrected chi connectivity index (χ3v) is 3.35. The first-order valence-electron chi connectivity index (χ1n) is 6.50. The molecule has 1 aromatic carbocycles. The predicted molar refractivity (Wildman–Crippen MR) is 74.9 cm³/mol. The first-order valence-corrected chi connectivity index (χ1v) is 6.50. The van der Waals surface area contributed by atoms with Gasteiger partial charge in [0.1, 0.15) is 5.75 Å². The van der Waals surface area contributed by atoms with Crippen molar-refractivity contribution in [1.29, 1.82) is 0 Å². The monoisotopic (exact) mass is 275 g/mol. The second kappa shape index (κ2) is 5.77. The second-order valence-electron chi connectivity index (χ2n) is 4.48. The van der Waals surface area contributed by atoms with Gasteiger partial charge in [-0.1, -0.05) is 19.1 Å². The molecule has 0 unspecified atom stereocenters. The Balaban J connectivity index is 2.37. The lowest BCUT2D eigenvalue weighted by molar-refractivity contribution is -0.120. The molecule has 2 rings (SSSR count). The molecule has 0 radical (unpaired) electrons. The number of Topliss-reactive ketones (excluding diaryl/α,β-unsaturated/α-hetero) is 1. The molecule has 1 aliphatic rings. The van der Waals surface area contributed by atoms with E-state index in [1.54, 1.807) is 31.2 Å². The third kappa shape index (κ3) is 2.39. The molecule has 0 aromatic heterocycles. The number of hydrogen-bond acceptors (Lipinski definition) is 4. The maximum absolute atomic E-state index is 12.2. The normalized spacial score (nSPS) is 15.5. The summed E-state index contributed by atoms with van der Waals surface area (Å²) in [7, 11) is 1.52. The van der Waals surface area contributed by atoms with Gasteiger partial charge in [-0.2, -0.15) is 0 Å². The van der Waals surface area contributed by atoms with Crippen molar-refractivity contribution in [1.82, 2.24) is 0 Å². The van der Waals surface area contributed by atoms with Gasteiger partial charge in [-0.25, -0.2) is 0 Å². The van der Waals surface area contributed by atoms with Crippen LogP contribution >= 0.6 is 0 Å². The van der Waals surface area contributed by atoms with E-state index in [2.05, 4.69) is 0 Å². The smallest absolute Gasteiger partial charge is 0.293 e. The number of rotatable bonds is 4. The van der Waals surface area contributed by atoms with E-state index in [1.807, 2.05) is 0 Å². The Kier molecular flexibility index (Phi) is 4.08. The third-order valence-electron chi connectivity index (χ3n) is 3.35. The van der Waals surface area contributed by atoms with Gasteiger partial charge in [0.2, 0.25) is 0 Å². The van der Waals surface area contributed by atoms with Crippen LogP contribution in [-0.4, -0.2) is 30.5 Å². The molecule has 1 N–H and O–H groups in total. The summed E-state index contributed by atoms with van der Waals surface area (Å²) in [5.41, 5.74) is 0.818. The minimum Gasteiger partial charge on any atom is -0.503 e. The number of ether oxygens (including phenoxy) is 1. The van der Waals surface area contributed by atoms with Gasteiger partial charge in [-0.3, -0.25) is 9.59 Å². The van der Waals surface area contributed by atoms with Crippen LogP contribution in [0.25, 0.3) is 0 Å². The molecule has 5 heteroatoms. The molecule has 0 bridgehead atoms. The lowest BCUT2D eigenvalue weighted by Crippen LogP contribution is -2.38. The van der Waals surface area contributed by atoms with E-state index in [9.17, 15) is 14.7 Å². The van der Waals surface area contributed by atoms with E-state index in [4.69, 9.17) is 4.74 Å². The van der Waals surface area contributed by atoms with E-state index >= 15 is 0 Å². The minimum atomic E-state index is -0.558. The van der Waals surface area contributed by atoms with Crippen LogP contribution in [0.4, 0.5) is 5.69 Å². The number of anilines is 1. The lowest BCUT2D eigenvalue weighted by Gasteiger charge is -2.28. The maximum atomic E-state index is 12.2. The molecule has 5 nitrogen and oxygen atoms in total. The molecule has 1 aromatic rings. The van der Waals surface area contributed by atoms with E-state index < -0.39 is 11.7 Å². The number of nitrogens with zero attached hydrogens (tertiary/aromatic N) is 1. The summed E-state index contributed by atoms with van der Waals surface area (Å²) in [6.45, 7) is 2.06. The van der Waals surface area contributed by atoms with Gasteiger partial charge in [0, 0.05) is 18.5 Å². The van der Waals surface area contributed by atoms with E-state index in [0.717, 1.165) is 0 Å². The van der Waals surface area contributed by atoms with Crippen LogP contribution in [0.2, 0.25) is 0 Å². The first kappa shape index (κ1) is 14.1. The van der Waals surface area contributed by atoms with E-state index in [-0.39, 0.29) is 17.8 Å². The summed E-state index contributed by atoms with van der Waals surface area (Å²) < 4.78 is 5.22. The van der Waals surface area contributed by atoms with Crippen LogP contribution < -0.4 is 9.64 Å². The molecule has 0 atom stereocenters. The van der Waals surface area contributed by atoms with Crippen molar-refractivity contribution in [3.63, 3.8) is 0 Å².